The number of hydrogen-bond acceptors (Lipinski definition) is 2. The van der Waals surface area contributed by atoms with Gasteiger partial charge in [-0.15, -0.1) is 0 Å². The van der Waals surface area contributed by atoms with E-state index in [4.69, 9.17) is 5.11 Å². The second kappa shape index (κ2) is 4.93. The number of carbonyl (C=O) groups excluding carboxylic acids is 1. The monoisotopic (exact) mass is 171 g/mol. The summed E-state index contributed by atoms with van der Waals surface area (Å²) in [5.41, 5.74) is -0.467. The molecule has 3 nitrogen and oxygen atoms in total. The van der Waals surface area contributed by atoms with Crippen molar-refractivity contribution >= 4 is 5.91 Å². The van der Waals surface area contributed by atoms with E-state index in [2.05, 4.69) is 11.9 Å². The molecule has 0 aromatic heterocycles. The van der Waals surface area contributed by atoms with Crippen LogP contribution < -0.4 is 5.32 Å². The van der Waals surface area contributed by atoms with Crippen LogP contribution in [0.1, 0.15) is 26.7 Å². The van der Waals surface area contributed by atoms with Crippen LogP contribution in [0.25, 0.3) is 0 Å². The Balaban J connectivity index is 4.29. The molecule has 3 heteroatoms. The van der Waals surface area contributed by atoms with Crippen LogP contribution >= 0.6 is 0 Å². The van der Waals surface area contributed by atoms with Crippen molar-refractivity contribution in [3.63, 3.8) is 0 Å². The molecule has 0 fully saturated rings. The van der Waals surface area contributed by atoms with E-state index in [1.54, 1.807) is 0 Å². The van der Waals surface area contributed by atoms with Crippen LogP contribution in [0.5, 0.6) is 0 Å². The highest BCUT2D eigenvalue weighted by atomic mass is 16.3. The van der Waals surface area contributed by atoms with Crippen molar-refractivity contribution in [3.8, 4) is 0 Å². The standard InChI is InChI=1S/C9H17NO2/c1-4-8(12)10-9(5-2,6-3)7-11/h4,11H,1,5-7H2,2-3H3,(H,10,12). The fraction of sp³-hybridized carbons (Fsp3) is 0.667. The van der Waals surface area contributed by atoms with Gasteiger partial charge in [0.25, 0.3) is 0 Å². The number of aliphatic hydroxyl groups excluding tert-OH is 1. The fourth-order valence-corrected chi connectivity index (χ4v) is 1.00. The molecule has 0 aliphatic carbocycles. The van der Waals surface area contributed by atoms with Gasteiger partial charge in [0, 0.05) is 0 Å². The van der Waals surface area contributed by atoms with Gasteiger partial charge >= 0.3 is 0 Å². The van der Waals surface area contributed by atoms with Gasteiger partial charge in [0.05, 0.1) is 12.1 Å². The Kier molecular flexibility index (Phi) is 4.59. The molecule has 0 atom stereocenters. The van der Waals surface area contributed by atoms with Crippen LogP contribution in [0.15, 0.2) is 12.7 Å². The third kappa shape index (κ3) is 2.66. The van der Waals surface area contributed by atoms with E-state index < -0.39 is 5.54 Å². The van der Waals surface area contributed by atoms with Gasteiger partial charge in [0.1, 0.15) is 0 Å². The Labute approximate surface area is 73.5 Å². The summed E-state index contributed by atoms with van der Waals surface area (Å²) in [5, 5.41) is 11.8. The number of amides is 1. The van der Waals surface area contributed by atoms with E-state index in [-0.39, 0.29) is 12.5 Å². The maximum Gasteiger partial charge on any atom is 0.243 e. The summed E-state index contributed by atoms with van der Waals surface area (Å²) in [6.45, 7) is 7.19. The lowest BCUT2D eigenvalue weighted by Crippen LogP contribution is -2.49. The minimum Gasteiger partial charge on any atom is -0.394 e. The predicted molar refractivity (Wildman–Crippen MR) is 48.7 cm³/mol. The molecule has 0 spiro atoms. The molecule has 0 unspecified atom stereocenters. The van der Waals surface area contributed by atoms with Gasteiger partial charge in [-0.2, -0.15) is 0 Å². The highest BCUT2D eigenvalue weighted by Gasteiger charge is 2.25. The Bertz CT molecular complexity index is 154. The number of hydrogen-bond donors (Lipinski definition) is 2. The summed E-state index contributed by atoms with van der Waals surface area (Å²) in [7, 11) is 0. The van der Waals surface area contributed by atoms with Gasteiger partial charge < -0.3 is 10.4 Å². The highest BCUT2D eigenvalue weighted by Crippen LogP contribution is 2.13. The third-order valence-corrected chi connectivity index (χ3v) is 2.23. The van der Waals surface area contributed by atoms with Crippen molar-refractivity contribution in [1.29, 1.82) is 0 Å². The first-order chi connectivity index (χ1) is 5.64. The molecule has 0 heterocycles. The molecule has 12 heavy (non-hydrogen) atoms. The molecular formula is C9H17NO2. The highest BCUT2D eigenvalue weighted by molar-refractivity contribution is 5.87. The largest absolute Gasteiger partial charge is 0.394 e. The number of aliphatic hydroxyl groups is 1. The predicted octanol–water partition coefficient (Wildman–Crippen LogP) is 0.840. The lowest BCUT2D eigenvalue weighted by molar-refractivity contribution is -0.119. The van der Waals surface area contributed by atoms with Crippen molar-refractivity contribution in [2.24, 2.45) is 0 Å². The maximum atomic E-state index is 11.0. The second-order valence-electron chi connectivity index (χ2n) is 2.84. The van der Waals surface area contributed by atoms with E-state index in [1.807, 2.05) is 13.8 Å². The molecular weight excluding hydrogens is 154 g/mol. The van der Waals surface area contributed by atoms with Gasteiger partial charge in [-0.3, -0.25) is 4.79 Å². The lowest BCUT2D eigenvalue weighted by Gasteiger charge is -2.30. The number of carbonyl (C=O) groups is 1. The van der Waals surface area contributed by atoms with Crippen LogP contribution in [0.2, 0.25) is 0 Å². The Hall–Kier alpha value is -0.830. The Morgan fingerprint density at radius 1 is 1.58 bits per heavy atom. The fourth-order valence-electron chi connectivity index (χ4n) is 1.00. The van der Waals surface area contributed by atoms with Crippen LogP contribution in [0.4, 0.5) is 0 Å². The molecule has 1 amide bonds. The van der Waals surface area contributed by atoms with Gasteiger partial charge in [-0.25, -0.2) is 0 Å². The van der Waals surface area contributed by atoms with E-state index in [9.17, 15) is 4.79 Å². The van der Waals surface area contributed by atoms with Crippen molar-refractivity contribution in [1.82, 2.24) is 5.32 Å². The molecule has 0 saturated carbocycles. The minimum absolute atomic E-state index is 0.0282. The van der Waals surface area contributed by atoms with Crippen LogP contribution in [-0.4, -0.2) is 23.2 Å². The third-order valence-electron chi connectivity index (χ3n) is 2.23. The number of nitrogens with one attached hydrogen (secondary N) is 1. The Morgan fingerprint density at radius 3 is 2.33 bits per heavy atom. The van der Waals surface area contributed by atoms with E-state index in [0.29, 0.717) is 0 Å². The quantitative estimate of drug-likeness (QED) is 0.602. The van der Waals surface area contributed by atoms with Crippen molar-refractivity contribution in [2.75, 3.05) is 6.61 Å². The normalized spacial score (nSPS) is 10.9. The first-order valence-electron chi connectivity index (χ1n) is 4.19. The zero-order valence-corrected chi connectivity index (χ0v) is 7.76. The SMILES string of the molecule is C=CC(=O)NC(CC)(CC)CO. The second-order valence-corrected chi connectivity index (χ2v) is 2.84. The first kappa shape index (κ1) is 11.2. The molecule has 2 N–H and O–H groups in total. The summed E-state index contributed by atoms with van der Waals surface area (Å²) in [4.78, 5) is 11.0. The molecule has 0 saturated heterocycles. The molecule has 0 aromatic carbocycles. The zero-order chi connectivity index (χ0) is 9.61. The van der Waals surface area contributed by atoms with E-state index in [1.165, 1.54) is 6.08 Å². The summed E-state index contributed by atoms with van der Waals surface area (Å²) >= 11 is 0. The summed E-state index contributed by atoms with van der Waals surface area (Å²) < 4.78 is 0. The smallest absolute Gasteiger partial charge is 0.243 e. The molecule has 0 rings (SSSR count). The summed E-state index contributed by atoms with van der Waals surface area (Å²) in [5.74, 6) is -0.229. The molecule has 0 aromatic rings. The molecule has 0 bridgehead atoms. The van der Waals surface area contributed by atoms with Gasteiger partial charge in [0.2, 0.25) is 5.91 Å². The summed E-state index contributed by atoms with van der Waals surface area (Å²) in [6.07, 6.45) is 2.66. The van der Waals surface area contributed by atoms with E-state index >= 15 is 0 Å². The summed E-state index contributed by atoms with van der Waals surface area (Å²) in [6, 6.07) is 0. The van der Waals surface area contributed by atoms with Crippen molar-refractivity contribution in [3.05, 3.63) is 12.7 Å². The Morgan fingerprint density at radius 2 is 2.08 bits per heavy atom. The molecule has 0 radical (unpaired) electrons. The number of rotatable bonds is 5. The lowest BCUT2D eigenvalue weighted by atomic mass is 9.94. The van der Waals surface area contributed by atoms with Gasteiger partial charge in [-0.1, -0.05) is 20.4 Å². The topological polar surface area (TPSA) is 49.3 Å². The molecule has 0 aliphatic heterocycles. The first-order valence-corrected chi connectivity index (χ1v) is 4.19. The molecule has 0 aliphatic rings. The van der Waals surface area contributed by atoms with Crippen molar-refractivity contribution < 1.29 is 9.90 Å². The van der Waals surface area contributed by atoms with Crippen LogP contribution in [0, 0.1) is 0 Å². The van der Waals surface area contributed by atoms with Crippen molar-refractivity contribution in [2.45, 2.75) is 32.2 Å². The average molecular weight is 171 g/mol. The minimum atomic E-state index is -0.467. The van der Waals surface area contributed by atoms with Crippen LogP contribution in [0.3, 0.4) is 0 Å². The van der Waals surface area contributed by atoms with Gasteiger partial charge in [0.15, 0.2) is 0 Å². The maximum absolute atomic E-state index is 11.0. The average Bonchev–Trinajstić information content (AvgIpc) is 2.14. The zero-order valence-electron chi connectivity index (χ0n) is 7.76. The van der Waals surface area contributed by atoms with Gasteiger partial charge in [-0.05, 0) is 18.9 Å². The molecule has 70 valence electrons. The van der Waals surface area contributed by atoms with E-state index in [0.717, 1.165) is 12.8 Å². The van der Waals surface area contributed by atoms with Crippen LogP contribution in [-0.2, 0) is 4.79 Å².